The van der Waals surface area contributed by atoms with Crippen LogP contribution in [0.1, 0.15) is 49.2 Å². The average molecular weight is 362 g/mol. The summed E-state index contributed by atoms with van der Waals surface area (Å²) in [6.07, 6.45) is 2.69. The molecule has 3 rings (SSSR count). The summed E-state index contributed by atoms with van der Waals surface area (Å²) in [4.78, 5) is 15.0. The minimum absolute atomic E-state index is 0.0266. The van der Waals surface area contributed by atoms with Crippen LogP contribution in [-0.2, 0) is 4.74 Å². The van der Waals surface area contributed by atoms with Gasteiger partial charge in [-0.25, -0.2) is 4.68 Å². The van der Waals surface area contributed by atoms with Gasteiger partial charge in [0.15, 0.2) is 0 Å². The fraction of sp³-hybridized carbons (Fsp3) is 0.474. The Balaban J connectivity index is 1.95. The highest BCUT2D eigenvalue weighted by atomic mass is 35.5. The van der Waals surface area contributed by atoms with Crippen LogP contribution in [0.3, 0.4) is 0 Å². The number of morpholine rings is 1. The molecule has 1 fully saturated rings. The molecule has 0 spiro atoms. The molecule has 0 bridgehead atoms. The van der Waals surface area contributed by atoms with E-state index in [1.807, 2.05) is 33.8 Å². The molecule has 1 aromatic carbocycles. The van der Waals surface area contributed by atoms with Gasteiger partial charge in [0.2, 0.25) is 0 Å². The Morgan fingerprint density at radius 1 is 1.44 bits per heavy atom. The molecule has 1 aromatic heterocycles. The smallest absolute Gasteiger partial charge is 0.257 e. The molecule has 1 amide bonds. The molecular weight excluding hydrogens is 338 g/mol. The summed E-state index contributed by atoms with van der Waals surface area (Å²) in [6.45, 7) is 8.06. The second-order valence-corrected chi connectivity index (χ2v) is 7.08. The summed E-state index contributed by atoms with van der Waals surface area (Å²) < 4.78 is 7.50. The van der Waals surface area contributed by atoms with Gasteiger partial charge in [0.1, 0.15) is 0 Å². The first-order chi connectivity index (χ1) is 12.0. The van der Waals surface area contributed by atoms with Crippen LogP contribution in [0.25, 0.3) is 5.69 Å². The molecule has 6 heteroatoms. The van der Waals surface area contributed by atoms with Crippen molar-refractivity contribution in [3.05, 3.63) is 46.7 Å². The normalized spacial score (nSPS) is 18.0. The molecule has 2 heterocycles. The predicted octanol–water partition coefficient (Wildman–Crippen LogP) is 3.90. The van der Waals surface area contributed by atoms with E-state index in [9.17, 15) is 4.79 Å². The zero-order chi connectivity index (χ0) is 18.0. The molecule has 1 unspecified atom stereocenters. The Hall–Kier alpha value is -1.85. The second-order valence-electron chi connectivity index (χ2n) is 6.64. The predicted molar refractivity (Wildman–Crippen MR) is 98.6 cm³/mol. The molecule has 5 nitrogen and oxygen atoms in total. The Labute approximate surface area is 153 Å². The molecule has 0 radical (unpaired) electrons. The van der Waals surface area contributed by atoms with Crippen LogP contribution >= 0.6 is 11.6 Å². The van der Waals surface area contributed by atoms with Gasteiger partial charge in [-0.3, -0.25) is 4.79 Å². The first-order valence-corrected chi connectivity index (χ1v) is 9.13. The summed E-state index contributed by atoms with van der Waals surface area (Å²) in [5, 5.41) is 5.13. The van der Waals surface area contributed by atoms with Crippen molar-refractivity contribution < 1.29 is 9.53 Å². The van der Waals surface area contributed by atoms with Gasteiger partial charge in [-0.1, -0.05) is 38.4 Å². The van der Waals surface area contributed by atoms with Crippen molar-refractivity contribution in [3.8, 4) is 5.69 Å². The maximum atomic E-state index is 13.1. The number of halogens is 1. The first kappa shape index (κ1) is 18.0. The lowest BCUT2D eigenvalue weighted by Gasteiger charge is -2.32. The van der Waals surface area contributed by atoms with E-state index in [0.29, 0.717) is 30.3 Å². The lowest BCUT2D eigenvalue weighted by atomic mass is 10.0. The Morgan fingerprint density at radius 2 is 2.24 bits per heavy atom. The van der Waals surface area contributed by atoms with Gasteiger partial charge in [0, 0.05) is 18.1 Å². The number of rotatable bonds is 4. The summed E-state index contributed by atoms with van der Waals surface area (Å²) in [5.41, 5.74) is 2.43. The minimum Gasteiger partial charge on any atom is -0.375 e. The fourth-order valence-corrected chi connectivity index (χ4v) is 3.40. The standard InChI is InChI=1S/C19H24ClN3O2/c1-4-16-12-22(8-9-25-16)19(24)17-11-21-23(18(17)13(2)3)15-7-5-6-14(20)10-15/h5-7,10-11,13,16H,4,8-9,12H2,1-3H3. The third-order valence-corrected chi connectivity index (χ3v) is 4.75. The fourth-order valence-electron chi connectivity index (χ4n) is 3.21. The van der Waals surface area contributed by atoms with Crippen LogP contribution in [0.4, 0.5) is 0 Å². The lowest BCUT2D eigenvalue weighted by molar-refractivity contribution is -0.0226. The number of carbonyl (C=O) groups excluding carboxylic acids is 1. The molecule has 0 N–H and O–H groups in total. The Kier molecular flexibility index (Phi) is 5.45. The van der Waals surface area contributed by atoms with Crippen molar-refractivity contribution in [1.29, 1.82) is 0 Å². The van der Waals surface area contributed by atoms with Crippen LogP contribution in [-0.4, -0.2) is 46.4 Å². The second kappa shape index (κ2) is 7.58. The quantitative estimate of drug-likeness (QED) is 0.829. The third kappa shape index (κ3) is 3.72. The first-order valence-electron chi connectivity index (χ1n) is 8.76. The highest BCUT2D eigenvalue weighted by molar-refractivity contribution is 6.30. The number of aromatic nitrogens is 2. The van der Waals surface area contributed by atoms with E-state index in [2.05, 4.69) is 25.9 Å². The van der Waals surface area contributed by atoms with E-state index in [1.165, 1.54) is 0 Å². The van der Waals surface area contributed by atoms with Crippen LogP contribution in [0.5, 0.6) is 0 Å². The Bertz CT molecular complexity index is 757. The van der Waals surface area contributed by atoms with Gasteiger partial charge in [-0.2, -0.15) is 5.10 Å². The molecular formula is C19H24ClN3O2. The summed E-state index contributed by atoms with van der Waals surface area (Å²) in [5.74, 6) is 0.183. The van der Waals surface area contributed by atoms with Gasteiger partial charge >= 0.3 is 0 Å². The van der Waals surface area contributed by atoms with Crippen LogP contribution in [0.15, 0.2) is 30.5 Å². The molecule has 25 heavy (non-hydrogen) atoms. The van der Waals surface area contributed by atoms with Crippen molar-refractivity contribution in [2.45, 2.75) is 39.2 Å². The number of hydrogen-bond donors (Lipinski definition) is 0. The number of hydrogen-bond acceptors (Lipinski definition) is 3. The van der Waals surface area contributed by atoms with Crippen molar-refractivity contribution in [3.63, 3.8) is 0 Å². The molecule has 1 atom stereocenters. The van der Waals surface area contributed by atoms with Gasteiger partial charge in [0.05, 0.1) is 35.9 Å². The van der Waals surface area contributed by atoms with Crippen LogP contribution < -0.4 is 0 Å². The van der Waals surface area contributed by atoms with E-state index < -0.39 is 0 Å². The number of amides is 1. The van der Waals surface area contributed by atoms with Gasteiger partial charge in [-0.05, 0) is 30.5 Å². The van der Waals surface area contributed by atoms with E-state index in [0.717, 1.165) is 17.8 Å². The zero-order valence-corrected chi connectivity index (χ0v) is 15.7. The highest BCUT2D eigenvalue weighted by Crippen LogP contribution is 2.26. The SMILES string of the molecule is CCC1CN(C(=O)c2cnn(-c3cccc(Cl)c3)c2C(C)C)CCO1. The molecule has 0 saturated carbocycles. The maximum Gasteiger partial charge on any atom is 0.257 e. The molecule has 1 saturated heterocycles. The Morgan fingerprint density at radius 3 is 2.92 bits per heavy atom. The van der Waals surface area contributed by atoms with E-state index in [-0.39, 0.29) is 17.9 Å². The zero-order valence-electron chi connectivity index (χ0n) is 14.9. The van der Waals surface area contributed by atoms with Crippen molar-refractivity contribution in [2.75, 3.05) is 19.7 Å². The lowest BCUT2D eigenvalue weighted by Crippen LogP contribution is -2.45. The summed E-state index contributed by atoms with van der Waals surface area (Å²) >= 11 is 6.12. The summed E-state index contributed by atoms with van der Waals surface area (Å²) in [6, 6.07) is 7.52. The van der Waals surface area contributed by atoms with E-state index >= 15 is 0 Å². The number of benzene rings is 1. The third-order valence-electron chi connectivity index (χ3n) is 4.52. The number of ether oxygens (including phenoxy) is 1. The number of nitrogens with zero attached hydrogens (tertiary/aromatic N) is 3. The van der Waals surface area contributed by atoms with Crippen molar-refractivity contribution in [2.24, 2.45) is 0 Å². The van der Waals surface area contributed by atoms with Gasteiger partial charge in [-0.15, -0.1) is 0 Å². The van der Waals surface area contributed by atoms with Crippen molar-refractivity contribution >= 4 is 17.5 Å². The monoisotopic (exact) mass is 361 g/mol. The van der Waals surface area contributed by atoms with E-state index in [4.69, 9.17) is 16.3 Å². The minimum atomic E-state index is 0.0266. The highest BCUT2D eigenvalue weighted by Gasteiger charge is 2.28. The molecule has 1 aliphatic heterocycles. The summed E-state index contributed by atoms with van der Waals surface area (Å²) in [7, 11) is 0. The number of carbonyl (C=O) groups is 1. The maximum absolute atomic E-state index is 13.1. The van der Waals surface area contributed by atoms with Crippen molar-refractivity contribution in [1.82, 2.24) is 14.7 Å². The topological polar surface area (TPSA) is 47.4 Å². The van der Waals surface area contributed by atoms with E-state index in [1.54, 1.807) is 6.20 Å². The van der Waals surface area contributed by atoms with Gasteiger partial charge in [0.25, 0.3) is 5.91 Å². The molecule has 134 valence electrons. The molecule has 1 aliphatic rings. The average Bonchev–Trinajstić information content (AvgIpc) is 3.06. The molecule has 2 aromatic rings. The van der Waals surface area contributed by atoms with Crippen LogP contribution in [0, 0.1) is 0 Å². The largest absolute Gasteiger partial charge is 0.375 e. The van der Waals surface area contributed by atoms with Gasteiger partial charge < -0.3 is 9.64 Å². The van der Waals surface area contributed by atoms with Crippen LogP contribution in [0.2, 0.25) is 5.02 Å². The molecule has 0 aliphatic carbocycles.